The highest BCUT2D eigenvalue weighted by molar-refractivity contribution is 8.76. The maximum atomic E-state index is 11.8. The molecule has 0 rings (SSSR count). The Morgan fingerprint density at radius 2 is 1.21 bits per heavy atom. The van der Waals surface area contributed by atoms with Crippen molar-refractivity contribution in [2.75, 3.05) is 44.3 Å². The Kier molecular flexibility index (Phi) is 17.0. The van der Waals surface area contributed by atoms with Crippen LogP contribution in [0.25, 0.3) is 0 Å². The summed E-state index contributed by atoms with van der Waals surface area (Å²) in [6.07, 6.45) is -2.22. The molecule has 198 valence electrons. The summed E-state index contributed by atoms with van der Waals surface area (Å²) in [5.41, 5.74) is -0.564. The molecule has 0 saturated heterocycles. The van der Waals surface area contributed by atoms with Gasteiger partial charge in [-0.25, -0.2) is 0 Å². The first kappa shape index (κ1) is 32.5. The van der Waals surface area contributed by atoms with E-state index in [1.165, 1.54) is 0 Å². The maximum absolute atomic E-state index is 11.8. The second kappa shape index (κ2) is 17.8. The second-order valence-corrected chi connectivity index (χ2v) is 11.5. The van der Waals surface area contributed by atoms with Crippen LogP contribution in [0.15, 0.2) is 0 Å². The van der Waals surface area contributed by atoms with Crippen molar-refractivity contribution in [3.63, 3.8) is 0 Å². The number of hydrogen-bond donors (Lipinski definition) is 7. The van der Waals surface area contributed by atoms with Crippen LogP contribution in [0, 0.1) is 11.3 Å². The molecular formula is C21H40N4O7S2. The monoisotopic (exact) mass is 524 g/mol. The van der Waals surface area contributed by atoms with Crippen LogP contribution < -0.4 is 21.3 Å². The van der Waals surface area contributed by atoms with Gasteiger partial charge in [0.15, 0.2) is 0 Å². The van der Waals surface area contributed by atoms with Gasteiger partial charge in [0.25, 0.3) is 0 Å². The standard InChI is InChI=1S/C21H40N4O7S2/c1-14(13-26)17(29)19(31)24-7-5-15(27)22-9-11-33-34-12-10-23-16(28)6-8-25-20(32)18(30)21(2,3)4/h14,17-18,26,29-30H,5-13H2,1-4H3,(H,22,27)(H,23,28)(H,24,31)(H,25,32). The van der Waals surface area contributed by atoms with E-state index in [4.69, 9.17) is 5.11 Å². The van der Waals surface area contributed by atoms with Crippen molar-refractivity contribution in [3.8, 4) is 0 Å². The third kappa shape index (κ3) is 15.4. The molecule has 0 aliphatic heterocycles. The Labute approximate surface area is 209 Å². The number of nitrogens with one attached hydrogen (secondary N) is 4. The van der Waals surface area contributed by atoms with Gasteiger partial charge in [-0.05, 0) is 5.41 Å². The molecule has 3 unspecified atom stereocenters. The van der Waals surface area contributed by atoms with Crippen molar-refractivity contribution in [2.24, 2.45) is 11.3 Å². The summed E-state index contributed by atoms with van der Waals surface area (Å²) in [7, 11) is 3.11. The van der Waals surface area contributed by atoms with Gasteiger partial charge in [0.2, 0.25) is 23.6 Å². The van der Waals surface area contributed by atoms with Crippen molar-refractivity contribution in [3.05, 3.63) is 0 Å². The van der Waals surface area contributed by atoms with Gasteiger partial charge in [0, 0.05) is 63.1 Å². The maximum Gasteiger partial charge on any atom is 0.249 e. The SMILES string of the molecule is CC(CO)C(O)C(=O)NCCC(=O)NCCSSCCNC(=O)CCNC(=O)C(O)C(C)(C)C. The molecule has 3 atom stereocenters. The van der Waals surface area contributed by atoms with Gasteiger partial charge in [0.05, 0.1) is 0 Å². The van der Waals surface area contributed by atoms with Crippen LogP contribution in [-0.4, -0.2) is 95.4 Å². The van der Waals surface area contributed by atoms with Crippen LogP contribution in [0.1, 0.15) is 40.5 Å². The first-order valence-electron chi connectivity index (χ1n) is 11.2. The largest absolute Gasteiger partial charge is 0.396 e. The Bertz CT molecular complexity index is 647. The molecule has 0 aromatic heterocycles. The molecule has 0 aliphatic carbocycles. The summed E-state index contributed by atoms with van der Waals surface area (Å²) in [6, 6.07) is 0. The highest BCUT2D eigenvalue weighted by Crippen LogP contribution is 2.19. The lowest BCUT2D eigenvalue weighted by Crippen LogP contribution is -2.43. The van der Waals surface area contributed by atoms with Crippen molar-refractivity contribution < 1.29 is 34.5 Å². The number of rotatable bonds is 17. The molecular weight excluding hydrogens is 484 g/mol. The van der Waals surface area contributed by atoms with Crippen LogP contribution in [0.2, 0.25) is 0 Å². The van der Waals surface area contributed by atoms with Gasteiger partial charge < -0.3 is 36.6 Å². The quantitative estimate of drug-likeness (QED) is 0.0930. The summed E-state index contributed by atoms with van der Waals surface area (Å²) >= 11 is 0. The van der Waals surface area contributed by atoms with E-state index in [0.717, 1.165) is 0 Å². The molecule has 4 amide bonds. The molecule has 0 saturated carbocycles. The zero-order valence-electron chi connectivity index (χ0n) is 20.4. The van der Waals surface area contributed by atoms with Crippen molar-refractivity contribution in [1.82, 2.24) is 21.3 Å². The van der Waals surface area contributed by atoms with E-state index < -0.39 is 35.4 Å². The average molecular weight is 525 g/mol. The molecule has 11 nitrogen and oxygen atoms in total. The molecule has 0 spiro atoms. The first-order chi connectivity index (χ1) is 15.9. The van der Waals surface area contributed by atoms with Gasteiger partial charge in [-0.15, -0.1) is 0 Å². The van der Waals surface area contributed by atoms with E-state index in [9.17, 15) is 29.4 Å². The normalized spacial score (nSPS) is 14.0. The molecule has 0 aromatic carbocycles. The topological polar surface area (TPSA) is 177 Å². The fourth-order valence-corrected chi connectivity index (χ4v) is 4.12. The fourth-order valence-electron chi connectivity index (χ4n) is 2.31. The van der Waals surface area contributed by atoms with Gasteiger partial charge in [-0.1, -0.05) is 49.3 Å². The minimum atomic E-state index is -1.31. The van der Waals surface area contributed by atoms with Crippen molar-refractivity contribution in [2.45, 2.75) is 52.7 Å². The third-order valence-electron chi connectivity index (χ3n) is 4.57. The minimum Gasteiger partial charge on any atom is -0.396 e. The number of hydrogen-bond acceptors (Lipinski definition) is 9. The van der Waals surface area contributed by atoms with Crippen LogP contribution >= 0.6 is 21.6 Å². The number of carbonyl (C=O) groups excluding carboxylic acids is 4. The van der Waals surface area contributed by atoms with Crippen molar-refractivity contribution >= 4 is 45.2 Å². The van der Waals surface area contributed by atoms with Crippen LogP contribution in [0.3, 0.4) is 0 Å². The summed E-state index contributed by atoms with van der Waals surface area (Å²) in [5.74, 6) is -0.726. The summed E-state index contributed by atoms with van der Waals surface area (Å²) < 4.78 is 0. The number of amides is 4. The summed E-state index contributed by atoms with van der Waals surface area (Å²) in [5, 5.41) is 38.9. The zero-order valence-corrected chi connectivity index (χ0v) is 22.0. The summed E-state index contributed by atoms with van der Waals surface area (Å²) in [6.45, 7) is 7.70. The number of aliphatic hydroxyl groups is 3. The van der Waals surface area contributed by atoms with Gasteiger partial charge >= 0.3 is 0 Å². The Balaban J connectivity index is 3.65. The molecule has 0 aliphatic rings. The van der Waals surface area contributed by atoms with Gasteiger partial charge in [-0.3, -0.25) is 19.2 Å². The predicted octanol–water partition coefficient (Wildman–Crippen LogP) is -0.991. The van der Waals surface area contributed by atoms with Crippen molar-refractivity contribution in [1.29, 1.82) is 0 Å². The molecule has 0 bridgehead atoms. The Morgan fingerprint density at radius 1 is 0.765 bits per heavy atom. The lowest BCUT2D eigenvalue weighted by molar-refractivity contribution is -0.135. The minimum absolute atomic E-state index is 0.0887. The highest BCUT2D eigenvalue weighted by atomic mass is 33.1. The smallest absolute Gasteiger partial charge is 0.249 e. The fraction of sp³-hybridized carbons (Fsp3) is 0.810. The van der Waals surface area contributed by atoms with Crippen LogP contribution in [0.4, 0.5) is 0 Å². The van der Waals surface area contributed by atoms with E-state index in [2.05, 4.69) is 21.3 Å². The summed E-state index contributed by atoms with van der Waals surface area (Å²) in [4.78, 5) is 46.9. The zero-order chi connectivity index (χ0) is 26.1. The molecule has 13 heteroatoms. The highest BCUT2D eigenvalue weighted by Gasteiger charge is 2.28. The molecule has 0 radical (unpaired) electrons. The van der Waals surface area contributed by atoms with E-state index in [0.29, 0.717) is 24.6 Å². The Hall–Kier alpha value is -1.54. The lowest BCUT2D eigenvalue weighted by Gasteiger charge is -2.24. The number of aliphatic hydroxyl groups excluding tert-OH is 3. The predicted molar refractivity (Wildman–Crippen MR) is 134 cm³/mol. The Morgan fingerprint density at radius 3 is 1.62 bits per heavy atom. The molecule has 0 heterocycles. The number of carbonyl (C=O) groups is 4. The van der Waals surface area contributed by atoms with E-state index >= 15 is 0 Å². The second-order valence-electron chi connectivity index (χ2n) is 8.80. The van der Waals surface area contributed by atoms with Crippen LogP contribution in [0.5, 0.6) is 0 Å². The van der Waals surface area contributed by atoms with E-state index in [1.54, 1.807) is 49.3 Å². The third-order valence-corrected chi connectivity index (χ3v) is 6.97. The molecule has 34 heavy (non-hydrogen) atoms. The van der Waals surface area contributed by atoms with Crippen LogP contribution in [-0.2, 0) is 19.2 Å². The molecule has 0 aromatic rings. The average Bonchev–Trinajstić information content (AvgIpc) is 2.78. The van der Waals surface area contributed by atoms with E-state index in [-0.39, 0.29) is 44.4 Å². The van der Waals surface area contributed by atoms with Gasteiger partial charge in [0.1, 0.15) is 12.2 Å². The first-order valence-corrected chi connectivity index (χ1v) is 13.7. The molecule has 0 fully saturated rings. The lowest BCUT2D eigenvalue weighted by atomic mass is 9.89. The molecule has 7 N–H and O–H groups in total. The van der Waals surface area contributed by atoms with Gasteiger partial charge in [-0.2, -0.15) is 0 Å². The van der Waals surface area contributed by atoms with E-state index in [1.807, 2.05) is 0 Å².